The zero-order chi connectivity index (χ0) is 25.2. The lowest BCUT2D eigenvalue weighted by molar-refractivity contribution is 0.120. The molecule has 36 heavy (non-hydrogen) atoms. The number of hydroxylamine groups is 1. The number of methoxy groups -OCH3 is 1. The number of imidazole rings is 1. The van der Waals surface area contributed by atoms with Gasteiger partial charge in [0, 0.05) is 33.3 Å². The zero-order valence-electron chi connectivity index (χ0n) is 21.9. The van der Waals surface area contributed by atoms with Gasteiger partial charge in [-0.15, -0.1) is 5.48 Å². The third-order valence-corrected chi connectivity index (χ3v) is 8.16. The van der Waals surface area contributed by atoms with E-state index in [2.05, 4.69) is 39.4 Å². The van der Waals surface area contributed by atoms with Gasteiger partial charge in [0.25, 0.3) is 0 Å². The van der Waals surface area contributed by atoms with Crippen molar-refractivity contribution in [3.8, 4) is 0 Å². The van der Waals surface area contributed by atoms with Crippen molar-refractivity contribution in [3.63, 3.8) is 0 Å². The number of ether oxygens (including phenoxy) is 1. The number of carbonyl (C=O) groups excluding carboxylic acids is 1. The summed E-state index contributed by atoms with van der Waals surface area (Å²) in [7, 11) is 3.76. The molecule has 0 radical (unpaired) electrons. The van der Waals surface area contributed by atoms with Crippen LogP contribution < -0.4 is 21.0 Å². The SMILES string of the molecule is COCCN(C)c1nc2nc(C3NOC(=O)N3)nc(N[C@H](C)C3CCC3)c2n1CC1CCC(C)CC1. The number of hydrogen-bond donors (Lipinski definition) is 3. The Kier molecular flexibility index (Phi) is 7.47. The number of likely N-dealkylation sites (N-methyl/N-ethyl adjacent to an activating group) is 1. The molecular weight excluding hydrogens is 460 g/mol. The maximum Gasteiger partial charge on any atom is 0.427 e. The smallest absolute Gasteiger partial charge is 0.383 e. The molecule has 1 aliphatic heterocycles. The highest BCUT2D eigenvalue weighted by atomic mass is 16.7. The number of nitrogens with zero attached hydrogens (tertiary/aromatic N) is 5. The molecule has 2 aliphatic carbocycles. The van der Waals surface area contributed by atoms with E-state index in [1.54, 1.807) is 7.11 Å². The quantitative estimate of drug-likeness (QED) is 0.450. The molecule has 0 spiro atoms. The van der Waals surface area contributed by atoms with E-state index in [0.29, 0.717) is 29.9 Å². The fourth-order valence-corrected chi connectivity index (χ4v) is 5.51. The third kappa shape index (κ3) is 5.22. The molecule has 3 aliphatic rings. The molecule has 3 N–H and O–H groups in total. The van der Waals surface area contributed by atoms with Gasteiger partial charge in [-0.3, -0.25) is 5.32 Å². The third-order valence-electron chi connectivity index (χ3n) is 8.16. The van der Waals surface area contributed by atoms with E-state index < -0.39 is 12.3 Å². The highest BCUT2D eigenvalue weighted by Crippen LogP contribution is 2.36. The molecule has 0 bridgehead atoms. The second kappa shape index (κ2) is 10.8. The van der Waals surface area contributed by atoms with Crippen LogP contribution in [0.5, 0.6) is 0 Å². The van der Waals surface area contributed by atoms with Crippen LogP contribution in [-0.4, -0.2) is 59.0 Å². The molecule has 1 unspecified atom stereocenters. The summed E-state index contributed by atoms with van der Waals surface area (Å²) >= 11 is 0. The van der Waals surface area contributed by atoms with Crippen molar-refractivity contribution in [2.75, 3.05) is 37.5 Å². The highest BCUT2D eigenvalue weighted by Gasteiger charge is 2.31. The van der Waals surface area contributed by atoms with E-state index >= 15 is 0 Å². The van der Waals surface area contributed by atoms with E-state index in [0.717, 1.165) is 36.3 Å². The summed E-state index contributed by atoms with van der Waals surface area (Å²) in [4.78, 5) is 33.4. The molecule has 3 fully saturated rings. The topological polar surface area (TPSA) is 118 Å². The first-order chi connectivity index (χ1) is 17.4. The molecule has 198 valence electrons. The predicted molar refractivity (Wildman–Crippen MR) is 138 cm³/mol. The van der Waals surface area contributed by atoms with E-state index in [1.807, 2.05) is 7.05 Å². The number of anilines is 2. The van der Waals surface area contributed by atoms with Crippen molar-refractivity contribution in [2.45, 2.75) is 77.5 Å². The van der Waals surface area contributed by atoms with Gasteiger partial charge in [0.2, 0.25) is 5.95 Å². The van der Waals surface area contributed by atoms with Gasteiger partial charge in [0.1, 0.15) is 5.52 Å². The highest BCUT2D eigenvalue weighted by molar-refractivity contribution is 5.86. The Labute approximate surface area is 212 Å². The van der Waals surface area contributed by atoms with Crippen LogP contribution in [-0.2, 0) is 16.1 Å². The first-order valence-electron chi connectivity index (χ1n) is 13.4. The van der Waals surface area contributed by atoms with Crippen molar-refractivity contribution >= 4 is 29.0 Å². The van der Waals surface area contributed by atoms with Crippen LogP contribution in [0.2, 0.25) is 0 Å². The lowest BCUT2D eigenvalue weighted by Crippen LogP contribution is -2.32. The predicted octanol–water partition coefficient (Wildman–Crippen LogP) is 3.58. The van der Waals surface area contributed by atoms with Crippen LogP contribution >= 0.6 is 0 Å². The Balaban J connectivity index is 1.57. The summed E-state index contributed by atoms with van der Waals surface area (Å²) in [6.07, 6.45) is 7.55. The number of fused-ring (bicyclic) bond motifs is 1. The van der Waals surface area contributed by atoms with Crippen molar-refractivity contribution < 1.29 is 14.4 Å². The lowest BCUT2D eigenvalue weighted by Gasteiger charge is -2.32. The molecule has 11 nitrogen and oxygen atoms in total. The van der Waals surface area contributed by atoms with Crippen LogP contribution in [0, 0.1) is 17.8 Å². The second-order valence-electron chi connectivity index (χ2n) is 10.9. The average Bonchev–Trinajstić information content (AvgIpc) is 3.41. The Morgan fingerprint density at radius 3 is 2.61 bits per heavy atom. The molecule has 5 rings (SSSR count). The Bertz CT molecular complexity index is 1060. The van der Waals surface area contributed by atoms with Gasteiger partial charge in [0.15, 0.2) is 23.5 Å². The number of rotatable bonds is 10. The molecule has 3 heterocycles. The van der Waals surface area contributed by atoms with E-state index in [-0.39, 0.29) is 6.04 Å². The molecule has 11 heteroatoms. The molecule has 2 aromatic rings. The van der Waals surface area contributed by atoms with E-state index in [4.69, 9.17) is 24.5 Å². The first-order valence-corrected chi connectivity index (χ1v) is 13.4. The first kappa shape index (κ1) is 25.0. The Morgan fingerprint density at radius 1 is 1.19 bits per heavy atom. The number of aromatic nitrogens is 4. The monoisotopic (exact) mass is 500 g/mol. The summed E-state index contributed by atoms with van der Waals surface area (Å²) in [6, 6.07) is 0.278. The van der Waals surface area contributed by atoms with Crippen LogP contribution in [0.25, 0.3) is 11.2 Å². The minimum absolute atomic E-state index is 0.278. The van der Waals surface area contributed by atoms with Crippen LogP contribution in [0.4, 0.5) is 16.6 Å². The summed E-state index contributed by atoms with van der Waals surface area (Å²) < 4.78 is 7.65. The minimum Gasteiger partial charge on any atom is -0.383 e. The van der Waals surface area contributed by atoms with Gasteiger partial charge >= 0.3 is 6.09 Å². The molecule has 2 atom stereocenters. The minimum atomic E-state index is -0.624. The van der Waals surface area contributed by atoms with E-state index in [9.17, 15) is 4.79 Å². The van der Waals surface area contributed by atoms with Gasteiger partial charge in [-0.1, -0.05) is 26.2 Å². The van der Waals surface area contributed by atoms with Gasteiger partial charge in [0.05, 0.1) is 6.61 Å². The molecule has 1 amide bonds. The average molecular weight is 501 g/mol. The fraction of sp³-hybridized carbons (Fsp3) is 0.760. The maximum atomic E-state index is 11.7. The van der Waals surface area contributed by atoms with Gasteiger partial charge in [-0.25, -0.2) is 14.8 Å². The zero-order valence-corrected chi connectivity index (χ0v) is 21.9. The van der Waals surface area contributed by atoms with Crippen molar-refractivity contribution in [3.05, 3.63) is 5.82 Å². The van der Waals surface area contributed by atoms with Crippen molar-refractivity contribution in [1.82, 2.24) is 30.3 Å². The summed E-state index contributed by atoms with van der Waals surface area (Å²) in [5, 5.41) is 6.42. The summed E-state index contributed by atoms with van der Waals surface area (Å²) in [5.74, 6) is 4.08. The van der Waals surface area contributed by atoms with Crippen LogP contribution in [0.3, 0.4) is 0 Å². The second-order valence-corrected chi connectivity index (χ2v) is 10.9. The fourth-order valence-electron chi connectivity index (χ4n) is 5.51. The lowest BCUT2D eigenvalue weighted by atomic mass is 9.80. The Morgan fingerprint density at radius 2 is 1.97 bits per heavy atom. The molecule has 0 aromatic carbocycles. The maximum absolute atomic E-state index is 11.7. The van der Waals surface area contributed by atoms with Gasteiger partial charge in [-0.2, -0.15) is 4.98 Å². The number of hydrogen-bond acceptors (Lipinski definition) is 9. The van der Waals surface area contributed by atoms with E-state index in [1.165, 1.54) is 44.9 Å². The van der Waals surface area contributed by atoms with Gasteiger partial charge < -0.3 is 24.4 Å². The Hall–Kier alpha value is -2.66. The molecular formula is C25H40N8O3. The summed E-state index contributed by atoms with van der Waals surface area (Å²) in [5.41, 5.74) is 4.22. The van der Waals surface area contributed by atoms with Gasteiger partial charge in [-0.05, 0) is 50.4 Å². The number of nitrogens with one attached hydrogen (secondary N) is 3. The summed E-state index contributed by atoms with van der Waals surface area (Å²) in [6.45, 7) is 6.79. The molecule has 1 saturated heterocycles. The van der Waals surface area contributed by atoms with Crippen molar-refractivity contribution in [2.24, 2.45) is 17.8 Å². The molecule has 2 aromatic heterocycles. The normalized spacial score (nSPS) is 25.3. The molecule has 2 saturated carbocycles. The number of amides is 1. The van der Waals surface area contributed by atoms with Crippen LogP contribution in [0.1, 0.15) is 70.8 Å². The number of carbonyl (C=O) groups is 1. The van der Waals surface area contributed by atoms with Crippen LogP contribution in [0.15, 0.2) is 0 Å². The standard InChI is InChI=1S/C25H40N8O3/c1-15-8-10-17(11-9-15)14-33-19-20(26-16(2)18-6-5-7-18)27-22(23-30-25(34)36-31-23)28-21(19)29-24(33)32(3)12-13-35-4/h15-18,23,31H,5-14H2,1-4H3,(H,30,34)(H,26,27,28)/t15?,16-,17?,23?/m1/s1. The van der Waals surface area contributed by atoms with Crippen molar-refractivity contribution in [1.29, 1.82) is 0 Å². The largest absolute Gasteiger partial charge is 0.427 e.